The Morgan fingerprint density at radius 2 is 1.14 bits per heavy atom. The molecule has 0 aromatic rings. The minimum Gasteiger partial charge on any atom is -0.386 e. The molecule has 0 fully saturated rings. The van der Waals surface area contributed by atoms with Crippen LogP contribution in [0.5, 0.6) is 0 Å². The van der Waals surface area contributed by atoms with Crippen LogP contribution in [0.2, 0.25) is 0 Å². The van der Waals surface area contributed by atoms with Crippen molar-refractivity contribution in [3.8, 4) is 0 Å². The summed E-state index contributed by atoms with van der Waals surface area (Å²) in [7, 11) is -1.68. The van der Waals surface area contributed by atoms with Crippen molar-refractivity contribution < 1.29 is 28.2 Å². The van der Waals surface area contributed by atoms with Crippen LogP contribution < -0.4 is 0 Å². The monoisotopic (exact) mass is 662 g/mol. The van der Waals surface area contributed by atoms with Crippen molar-refractivity contribution in [1.82, 2.24) is 0 Å². The Hall–Kier alpha value is 2.01. The van der Waals surface area contributed by atoms with Gasteiger partial charge < -0.3 is 10.2 Å². The van der Waals surface area contributed by atoms with Crippen LogP contribution in [-0.2, 0) is 31.2 Å². The molecule has 0 saturated heterocycles. The molecule has 0 amide bonds. The van der Waals surface area contributed by atoms with Crippen molar-refractivity contribution in [3.63, 3.8) is 0 Å². The van der Waals surface area contributed by atoms with E-state index in [9.17, 15) is 18.0 Å². The van der Waals surface area contributed by atoms with E-state index in [-0.39, 0.29) is 22.1 Å². The van der Waals surface area contributed by atoms with Crippen LogP contribution in [0.1, 0.15) is 25.7 Å². The molecule has 0 bridgehead atoms. The molecular formula is C20H38O6S9. The van der Waals surface area contributed by atoms with Crippen molar-refractivity contribution >= 4 is 114 Å². The number of thioether (sulfide) groups is 7. The fourth-order valence-electron chi connectivity index (χ4n) is 2.21. The van der Waals surface area contributed by atoms with E-state index in [1.54, 1.807) is 35.3 Å². The second-order valence-electron chi connectivity index (χ2n) is 6.68. The van der Waals surface area contributed by atoms with E-state index in [2.05, 4.69) is 0 Å². The van der Waals surface area contributed by atoms with Crippen LogP contribution >= 0.6 is 82.3 Å². The normalized spacial score (nSPS) is 13.1. The standard InChI is InChI=1S/C20H38O6S9/c21-15-30-17-33-20(24)4-8-27-5-1-12-34(25)14-11-29-9-10-32-19(23)3-7-28-6-2-13-35(26)18-31-16-22/h21-22H,1-18H2. The highest BCUT2D eigenvalue weighted by Gasteiger charge is 2.06. The molecule has 35 heavy (non-hydrogen) atoms. The fraction of sp³-hybridized carbons (Fsp3) is 0.900. The van der Waals surface area contributed by atoms with E-state index < -0.39 is 21.6 Å². The van der Waals surface area contributed by atoms with Gasteiger partial charge in [0.25, 0.3) is 0 Å². The molecule has 2 N–H and O–H groups in total. The third-order valence-electron chi connectivity index (χ3n) is 3.87. The maximum absolute atomic E-state index is 12.1. The van der Waals surface area contributed by atoms with Gasteiger partial charge in [0.05, 0.1) is 17.0 Å². The molecule has 2 unspecified atom stereocenters. The Morgan fingerprint density at radius 1 is 0.571 bits per heavy atom. The Bertz CT molecular complexity index is 583. The Kier molecular flexibility index (Phi) is 30.7. The first-order chi connectivity index (χ1) is 17.0. The van der Waals surface area contributed by atoms with Gasteiger partial charge in [-0.05, 0) is 24.3 Å². The summed E-state index contributed by atoms with van der Waals surface area (Å²) >= 11 is 10.4. The summed E-state index contributed by atoms with van der Waals surface area (Å²) in [5, 5.41) is 18.8. The number of carbonyl (C=O) groups excluding carboxylic acids is 2. The number of aliphatic hydroxyl groups excluding tert-OH is 2. The molecule has 6 nitrogen and oxygen atoms in total. The van der Waals surface area contributed by atoms with Gasteiger partial charge in [0.2, 0.25) is 0 Å². The SMILES string of the molecule is O=C(CCSCCCS(=O)CSCO)SCCSCCS(=O)CCCSCCC(=O)SCSCO. The quantitative estimate of drug-likeness (QED) is 0.103. The molecule has 0 aromatic heterocycles. The van der Waals surface area contributed by atoms with Crippen molar-refractivity contribution in [2.75, 3.05) is 79.6 Å². The number of rotatable bonds is 26. The molecule has 0 rings (SSSR count). The van der Waals surface area contributed by atoms with E-state index in [0.717, 1.165) is 53.1 Å². The number of aliphatic hydroxyl groups is 2. The maximum atomic E-state index is 12.1. The first kappa shape index (κ1) is 37.0. The maximum Gasteiger partial charge on any atom is 0.190 e. The van der Waals surface area contributed by atoms with E-state index in [4.69, 9.17) is 10.2 Å². The van der Waals surface area contributed by atoms with Crippen molar-refractivity contribution in [2.45, 2.75) is 25.7 Å². The van der Waals surface area contributed by atoms with Crippen molar-refractivity contribution in [3.05, 3.63) is 0 Å². The highest BCUT2D eigenvalue weighted by Crippen LogP contribution is 2.16. The van der Waals surface area contributed by atoms with Gasteiger partial charge in [-0.3, -0.25) is 18.0 Å². The second kappa shape index (κ2) is 29.0. The average Bonchev–Trinajstić information content (AvgIpc) is 2.84. The van der Waals surface area contributed by atoms with E-state index in [1.165, 1.54) is 47.0 Å². The van der Waals surface area contributed by atoms with Crippen LogP contribution in [0, 0.1) is 0 Å². The van der Waals surface area contributed by atoms with Gasteiger partial charge in [0, 0.05) is 85.5 Å². The zero-order chi connectivity index (χ0) is 26.0. The average molecular weight is 663 g/mol. The van der Waals surface area contributed by atoms with Gasteiger partial charge in [-0.25, -0.2) is 0 Å². The highest BCUT2D eigenvalue weighted by atomic mass is 32.2. The molecule has 0 radical (unpaired) electrons. The topological polar surface area (TPSA) is 109 Å². The predicted molar refractivity (Wildman–Crippen MR) is 170 cm³/mol. The van der Waals surface area contributed by atoms with Crippen molar-refractivity contribution in [1.29, 1.82) is 0 Å². The van der Waals surface area contributed by atoms with Crippen molar-refractivity contribution in [2.24, 2.45) is 0 Å². The van der Waals surface area contributed by atoms with Gasteiger partial charge in [-0.1, -0.05) is 23.5 Å². The molecule has 0 aromatic carbocycles. The lowest BCUT2D eigenvalue weighted by Gasteiger charge is -2.04. The summed E-state index contributed by atoms with van der Waals surface area (Å²) in [6, 6.07) is 0. The van der Waals surface area contributed by atoms with Gasteiger partial charge in [-0.15, -0.1) is 23.5 Å². The fourth-order valence-corrected chi connectivity index (χ4v) is 11.3. The minimum absolute atomic E-state index is 0.0111. The summed E-state index contributed by atoms with van der Waals surface area (Å²) in [4.78, 5) is 23.5. The Morgan fingerprint density at radius 3 is 1.77 bits per heavy atom. The lowest BCUT2D eigenvalue weighted by molar-refractivity contribution is -0.111. The lowest BCUT2D eigenvalue weighted by atomic mass is 10.5. The zero-order valence-electron chi connectivity index (χ0n) is 19.9. The molecular weight excluding hydrogens is 625 g/mol. The molecule has 2 atom stereocenters. The molecule has 15 heteroatoms. The lowest BCUT2D eigenvalue weighted by Crippen LogP contribution is -2.07. The van der Waals surface area contributed by atoms with Gasteiger partial charge in [0.1, 0.15) is 0 Å². The largest absolute Gasteiger partial charge is 0.386 e. The molecule has 0 spiro atoms. The first-order valence-electron chi connectivity index (χ1n) is 11.1. The number of hydrogen-bond donors (Lipinski definition) is 2. The van der Waals surface area contributed by atoms with Crippen LogP contribution in [0.4, 0.5) is 0 Å². The van der Waals surface area contributed by atoms with Gasteiger partial charge >= 0.3 is 0 Å². The molecule has 0 heterocycles. The molecule has 0 saturated carbocycles. The smallest absolute Gasteiger partial charge is 0.190 e. The zero-order valence-corrected chi connectivity index (χ0v) is 27.3. The highest BCUT2D eigenvalue weighted by molar-refractivity contribution is 8.23. The van der Waals surface area contributed by atoms with Crippen LogP contribution in [0.3, 0.4) is 0 Å². The van der Waals surface area contributed by atoms with E-state index >= 15 is 0 Å². The van der Waals surface area contributed by atoms with Gasteiger partial charge in [-0.2, -0.15) is 35.3 Å². The van der Waals surface area contributed by atoms with Crippen LogP contribution in [-0.4, -0.2) is 108 Å². The molecule has 208 valence electrons. The summed E-state index contributed by atoms with van der Waals surface area (Å²) in [6.07, 6.45) is 2.86. The third kappa shape index (κ3) is 28.8. The summed E-state index contributed by atoms with van der Waals surface area (Å²) in [5.74, 6) is 8.03. The molecule has 0 aliphatic heterocycles. The first-order valence-corrected chi connectivity index (χ1v) is 21.8. The van der Waals surface area contributed by atoms with Crippen LogP contribution in [0.15, 0.2) is 0 Å². The number of hydrogen-bond acceptors (Lipinski definition) is 13. The Labute approximate surface area is 245 Å². The van der Waals surface area contributed by atoms with E-state index in [0.29, 0.717) is 40.3 Å². The summed E-state index contributed by atoms with van der Waals surface area (Å²) < 4.78 is 23.6. The number of carbonyl (C=O) groups is 2. The second-order valence-corrected chi connectivity index (χ2v) is 18.4. The third-order valence-corrected chi connectivity index (χ3v) is 14.3. The summed E-state index contributed by atoms with van der Waals surface area (Å²) in [6.45, 7) is 0. The minimum atomic E-state index is -0.872. The van der Waals surface area contributed by atoms with Crippen LogP contribution in [0.25, 0.3) is 0 Å². The molecule has 0 aliphatic carbocycles. The predicted octanol–water partition coefficient (Wildman–Crippen LogP) is 4.04. The van der Waals surface area contributed by atoms with Gasteiger partial charge in [0.15, 0.2) is 10.2 Å². The Balaban J connectivity index is 3.40. The van der Waals surface area contributed by atoms with E-state index in [1.807, 2.05) is 0 Å². The summed E-state index contributed by atoms with van der Waals surface area (Å²) in [5.41, 5.74) is 0. The molecule has 0 aliphatic rings.